The van der Waals surface area contributed by atoms with Crippen molar-refractivity contribution in [1.29, 1.82) is 5.26 Å². The van der Waals surface area contributed by atoms with E-state index in [1.807, 2.05) is 49.4 Å². The molecule has 0 aliphatic rings. The third kappa shape index (κ3) is 5.05. The number of anilines is 1. The van der Waals surface area contributed by atoms with E-state index >= 15 is 0 Å². The number of hydrogen-bond donors (Lipinski definition) is 1. The molecule has 3 aromatic rings. The summed E-state index contributed by atoms with van der Waals surface area (Å²) in [6, 6.07) is 17.1. The second kappa shape index (κ2) is 8.81. The van der Waals surface area contributed by atoms with Crippen LogP contribution in [0.3, 0.4) is 0 Å². The number of rotatable bonds is 7. The topological polar surface area (TPSA) is 57.9 Å². The molecule has 0 spiro atoms. The standard InChI is InChI=1S/C22H20FN3O/c1-16-2-5-18(19-12-20(23)15-25-14-19)13-22(16)26-10-11-27-21-6-3-17(4-7-21)8-9-24/h2-7,12-15,26H,8,10-11H2,1H3. The van der Waals surface area contributed by atoms with Crippen LogP contribution >= 0.6 is 0 Å². The number of nitrogens with one attached hydrogen (secondary N) is 1. The Balaban J connectivity index is 1.58. The van der Waals surface area contributed by atoms with Crippen LogP contribution in [0.2, 0.25) is 0 Å². The van der Waals surface area contributed by atoms with Crippen molar-refractivity contribution in [2.45, 2.75) is 13.3 Å². The van der Waals surface area contributed by atoms with Gasteiger partial charge in [0, 0.05) is 24.0 Å². The summed E-state index contributed by atoms with van der Waals surface area (Å²) in [5.74, 6) is 0.423. The lowest BCUT2D eigenvalue weighted by Crippen LogP contribution is -2.12. The van der Waals surface area contributed by atoms with Crippen molar-refractivity contribution < 1.29 is 9.13 Å². The molecule has 5 heteroatoms. The first-order valence-corrected chi connectivity index (χ1v) is 8.70. The van der Waals surface area contributed by atoms with E-state index in [0.717, 1.165) is 33.7 Å². The lowest BCUT2D eigenvalue weighted by molar-refractivity contribution is 0.333. The SMILES string of the molecule is Cc1ccc(-c2cncc(F)c2)cc1NCCOc1ccc(CC#N)cc1. The van der Waals surface area contributed by atoms with Gasteiger partial charge < -0.3 is 10.1 Å². The van der Waals surface area contributed by atoms with Gasteiger partial charge in [0.15, 0.2) is 0 Å². The average Bonchev–Trinajstić information content (AvgIpc) is 2.68. The summed E-state index contributed by atoms with van der Waals surface area (Å²) < 4.78 is 19.1. The van der Waals surface area contributed by atoms with Gasteiger partial charge in [-0.25, -0.2) is 4.39 Å². The highest BCUT2D eigenvalue weighted by Gasteiger charge is 2.04. The number of benzene rings is 2. The second-order valence-corrected chi connectivity index (χ2v) is 6.18. The van der Waals surface area contributed by atoms with Crippen molar-refractivity contribution in [2.24, 2.45) is 0 Å². The van der Waals surface area contributed by atoms with Gasteiger partial charge in [-0.2, -0.15) is 5.26 Å². The predicted molar refractivity (Wildman–Crippen MR) is 104 cm³/mol. The number of hydrogen-bond acceptors (Lipinski definition) is 4. The Labute approximate surface area is 158 Å². The number of aryl methyl sites for hydroxylation is 1. The lowest BCUT2D eigenvalue weighted by Gasteiger charge is -2.13. The first-order valence-electron chi connectivity index (χ1n) is 8.70. The van der Waals surface area contributed by atoms with Gasteiger partial charge in [-0.3, -0.25) is 4.98 Å². The van der Waals surface area contributed by atoms with E-state index in [0.29, 0.717) is 19.6 Å². The molecule has 0 fully saturated rings. The van der Waals surface area contributed by atoms with E-state index in [-0.39, 0.29) is 5.82 Å². The smallest absolute Gasteiger partial charge is 0.142 e. The Kier molecular flexibility index (Phi) is 6.01. The predicted octanol–water partition coefficient (Wildman–Crippen LogP) is 4.75. The van der Waals surface area contributed by atoms with Crippen LogP contribution in [0.25, 0.3) is 11.1 Å². The van der Waals surface area contributed by atoms with Gasteiger partial charge in [-0.15, -0.1) is 0 Å². The zero-order valence-corrected chi connectivity index (χ0v) is 15.1. The normalized spacial score (nSPS) is 10.3. The molecule has 1 heterocycles. The largest absolute Gasteiger partial charge is 0.492 e. The summed E-state index contributed by atoms with van der Waals surface area (Å²) >= 11 is 0. The second-order valence-electron chi connectivity index (χ2n) is 6.18. The lowest BCUT2D eigenvalue weighted by atomic mass is 10.0. The van der Waals surface area contributed by atoms with Crippen LogP contribution < -0.4 is 10.1 Å². The molecule has 0 aliphatic heterocycles. The quantitative estimate of drug-likeness (QED) is 0.617. The van der Waals surface area contributed by atoms with E-state index in [4.69, 9.17) is 10.00 Å². The molecular weight excluding hydrogens is 341 g/mol. The summed E-state index contributed by atoms with van der Waals surface area (Å²) in [6.07, 6.45) is 3.25. The minimum atomic E-state index is -0.350. The molecule has 0 bridgehead atoms. The van der Waals surface area contributed by atoms with Gasteiger partial charge in [0.1, 0.15) is 18.2 Å². The summed E-state index contributed by atoms with van der Waals surface area (Å²) in [4.78, 5) is 3.91. The number of nitriles is 1. The third-order valence-corrected chi connectivity index (χ3v) is 4.17. The van der Waals surface area contributed by atoms with E-state index in [1.165, 1.54) is 12.3 Å². The van der Waals surface area contributed by atoms with Gasteiger partial charge in [-0.05, 0) is 47.9 Å². The highest BCUT2D eigenvalue weighted by molar-refractivity contribution is 5.69. The van der Waals surface area contributed by atoms with Gasteiger partial charge in [0.25, 0.3) is 0 Å². The highest BCUT2D eigenvalue weighted by atomic mass is 19.1. The van der Waals surface area contributed by atoms with Crippen LogP contribution in [0.5, 0.6) is 5.75 Å². The fourth-order valence-corrected chi connectivity index (χ4v) is 2.71. The van der Waals surface area contributed by atoms with Gasteiger partial charge in [0.2, 0.25) is 0 Å². The molecule has 1 aromatic heterocycles. The van der Waals surface area contributed by atoms with Crippen LogP contribution in [0, 0.1) is 24.1 Å². The first kappa shape index (κ1) is 18.4. The molecule has 0 saturated carbocycles. The van der Waals surface area contributed by atoms with E-state index in [1.54, 1.807) is 6.20 Å². The van der Waals surface area contributed by atoms with Crippen molar-refractivity contribution in [1.82, 2.24) is 4.98 Å². The highest BCUT2D eigenvalue weighted by Crippen LogP contribution is 2.25. The molecule has 0 atom stereocenters. The minimum Gasteiger partial charge on any atom is -0.492 e. The van der Waals surface area contributed by atoms with Crippen molar-refractivity contribution in [2.75, 3.05) is 18.5 Å². The zero-order chi connectivity index (χ0) is 19.1. The molecule has 27 heavy (non-hydrogen) atoms. The molecule has 2 aromatic carbocycles. The van der Waals surface area contributed by atoms with Crippen molar-refractivity contribution in [3.05, 3.63) is 77.9 Å². The fraction of sp³-hybridized carbons (Fsp3) is 0.182. The molecule has 0 radical (unpaired) electrons. The monoisotopic (exact) mass is 361 g/mol. The van der Waals surface area contributed by atoms with Crippen LogP contribution in [0.1, 0.15) is 11.1 Å². The molecule has 3 rings (SSSR count). The van der Waals surface area contributed by atoms with E-state index in [2.05, 4.69) is 16.4 Å². The number of aromatic nitrogens is 1. The molecular formula is C22H20FN3O. The maximum Gasteiger partial charge on any atom is 0.142 e. The fourth-order valence-electron chi connectivity index (χ4n) is 2.71. The van der Waals surface area contributed by atoms with Crippen molar-refractivity contribution in [3.8, 4) is 22.9 Å². The number of pyridine rings is 1. The molecule has 0 saturated heterocycles. The van der Waals surface area contributed by atoms with Gasteiger partial charge in [0.05, 0.1) is 18.7 Å². The van der Waals surface area contributed by atoms with Crippen LogP contribution in [-0.4, -0.2) is 18.1 Å². The Hall–Kier alpha value is -3.39. The van der Waals surface area contributed by atoms with Crippen LogP contribution in [-0.2, 0) is 6.42 Å². The summed E-state index contributed by atoms with van der Waals surface area (Å²) in [7, 11) is 0. The van der Waals surface area contributed by atoms with Crippen LogP contribution in [0.4, 0.5) is 10.1 Å². The Bertz CT molecular complexity index is 949. The Morgan fingerprint density at radius 1 is 1.07 bits per heavy atom. The molecule has 136 valence electrons. The third-order valence-electron chi connectivity index (χ3n) is 4.17. The van der Waals surface area contributed by atoms with Crippen molar-refractivity contribution in [3.63, 3.8) is 0 Å². The Morgan fingerprint density at radius 3 is 2.63 bits per heavy atom. The average molecular weight is 361 g/mol. The Morgan fingerprint density at radius 2 is 1.89 bits per heavy atom. The summed E-state index contributed by atoms with van der Waals surface area (Å²) in [6.45, 7) is 3.15. The van der Waals surface area contributed by atoms with Crippen LogP contribution in [0.15, 0.2) is 60.9 Å². The minimum absolute atomic E-state index is 0.350. The summed E-state index contributed by atoms with van der Waals surface area (Å²) in [5, 5.41) is 12.0. The molecule has 0 aliphatic carbocycles. The molecule has 4 nitrogen and oxygen atoms in total. The maximum absolute atomic E-state index is 13.4. The zero-order valence-electron chi connectivity index (χ0n) is 15.1. The summed E-state index contributed by atoms with van der Waals surface area (Å²) in [5.41, 5.74) is 4.70. The number of ether oxygens (including phenoxy) is 1. The first-order chi connectivity index (χ1) is 13.2. The number of halogens is 1. The molecule has 0 amide bonds. The van der Waals surface area contributed by atoms with Gasteiger partial charge >= 0.3 is 0 Å². The van der Waals surface area contributed by atoms with Gasteiger partial charge in [-0.1, -0.05) is 24.3 Å². The number of nitrogens with zero attached hydrogens (tertiary/aromatic N) is 2. The van der Waals surface area contributed by atoms with E-state index in [9.17, 15) is 4.39 Å². The van der Waals surface area contributed by atoms with E-state index < -0.39 is 0 Å². The molecule has 0 unspecified atom stereocenters. The maximum atomic E-state index is 13.4. The van der Waals surface area contributed by atoms with Crippen molar-refractivity contribution >= 4 is 5.69 Å². The molecule has 1 N–H and O–H groups in total.